The highest BCUT2D eigenvalue weighted by Crippen LogP contribution is 2.25. The van der Waals surface area contributed by atoms with Crippen LogP contribution in [0.4, 0.5) is 13.2 Å². The molecular formula is C19H16F3N3O2. The van der Waals surface area contributed by atoms with E-state index < -0.39 is 29.8 Å². The molecule has 3 aromatic rings. The maximum absolute atomic E-state index is 12.7. The van der Waals surface area contributed by atoms with Gasteiger partial charge in [0, 0.05) is 30.2 Å². The highest BCUT2D eigenvalue weighted by Gasteiger charge is 2.34. The van der Waals surface area contributed by atoms with E-state index in [2.05, 4.69) is 10.3 Å². The summed E-state index contributed by atoms with van der Waals surface area (Å²) in [5, 5.41) is 3.60. The lowest BCUT2D eigenvalue weighted by molar-refractivity contribution is -0.139. The van der Waals surface area contributed by atoms with Crippen molar-refractivity contribution < 1.29 is 18.0 Å². The third-order valence-corrected chi connectivity index (χ3v) is 4.00. The van der Waals surface area contributed by atoms with Gasteiger partial charge >= 0.3 is 6.18 Å². The number of halogens is 3. The van der Waals surface area contributed by atoms with Crippen molar-refractivity contribution in [2.45, 2.75) is 19.1 Å². The lowest BCUT2D eigenvalue weighted by atomic mass is 10.2. The van der Waals surface area contributed by atoms with Crippen LogP contribution in [0.3, 0.4) is 0 Å². The highest BCUT2D eigenvalue weighted by molar-refractivity contribution is 5.78. The Bertz CT molecular complexity index is 1030. The van der Waals surface area contributed by atoms with Crippen LogP contribution in [0.1, 0.15) is 11.3 Å². The first-order valence-electron chi connectivity index (χ1n) is 8.22. The third-order valence-electron chi connectivity index (χ3n) is 4.00. The van der Waals surface area contributed by atoms with E-state index in [1.54, 1.807) is 0 Å². The molecule has 0 aliphatic rings. The van der Waals surface area contributed by atoms with Crippen LogP contribution in [0.25, 0.3) is 10.9 Å². The van der Waals surface area contributed by atoms with Crippen molar-refractivity contribution in [3.8, 4) is 0 Å². The summed E-state index contributed by atoms with van der Waals surface area (Å²) in [6.45, 7) is -0.216. The second kappa shape index (κ2) is 7.61. The van der Waals surface area contributed by atoms with Gasteiger partial charge in [0.1, 0.15) is 12.1 Å². The Morgan fingerprint density at radius 3 is 2.63 bits per heavy atom. The second-order valence-corrected chi connectivity index (χ2v) is 5.95. The Morgan fingerprint density at radius 2 is 1.85 bits per heavy atom. The minimum atomic E-state index is -4.75. The van der Waals surface area contributed by atoms with Crippen LogP contribution < -0.4 is 10.9 Å². The average Bonchev–Trinajstić information content (AvgIpc) is 2.62. The average molecular weight is 375 g/mol. The molecular weight excluding hydrogens is 359 g/mol. The van der Waals surface area contributed by atoms with Crippen molar-refractivity contribution in [3.05, 3.63) is 76.3 Å². The molecule has 0 fully saturated rings. The van der Waals surface area contributed by atoms with E-state index in [0.29, 0.717) is 12.5 Å². The summed E-state index contributed by atoms with van der Waals surface area (Å²) < 4.78 is 39.0. The zero-order chi connectivity index (χ0) is 19.4. The molecule has 140 valence electrons. The number of amides is 1. The van der Waals surface area contributed by atoms with Crippen molar-refractivity contribution in [1.82, 2.24) is 14.9 Å². The molecule has 5 nitrogen and oxygen atoms in total. The number of nitrogens with zero attached hydrogens (tertiary/aromatic N) is 2. The van der Waals surface area contributed by atoms with Gasteiger partial charge in [-0.2, -0.15) is 13.2 Å². The molecule has 1 aromatic carbocycles. The normalized spacial score (nSPS) is 11.5. The molecule has 2 aromatic heterocycles. The summed E-state index contributed by atoms with van der Waals surface area (Å²) in [5.74, 6) is -0.544. The SMILES string of the molecule is O=C(Cn1cccc(C(F)(F)F)c1=O)NCCc1ccc2ccccc2n1. The van der Waals surface area contributed by atoms with Crippen molar-refractivity contribution >= 4 is 16.8 Å². The number of aromatic nitrogens is 2. The number of hydrogen-bond donors (Lipinski definition) is 1. The molecule has 1 N–H and O–H groups in total. The second-order valence-electron chi connectivity index (χ2n) is 5.95. The van der Waals surface area contributed by atoms with Gasteiger partial charge in [-0.1, -0.05) is 24.3 Å². The third kappa shape index (κ3) is 4.52. The Morgan fingerprint density at radius 1 is 1.07 bits per heavy atom. The van der Waals surface area contributed by atoms with Crippen molar-refractivity contribution in [3.63, 3.8) is 0 Å². The molecule has 0 aliphatic heterocycles. The molecule has 0 atom stereocenters. The molecule has 0 radical (unpaired) electrons. The summed E-state index contributed by atoms with van der Waals surface area (Å²) in [6.07, 6.45) is -3.13. The first-order valence-corrected chi connectivity index (χ1v) is 8.22. The number of carbonyl (C=O) groups excluding carboxylic acids is 1. The largest absolute Gasteiger partial charge is 0.421 e. The van der Waals surface area contributed by atoms with E-state index in [9.17, 15) is 22.8 Å². The quantitative estimate of drug-likeness (QED) is 0.746. The fourth-order valence-corrected chi connectivity index (χ4v) is 2.67. The first kappa shape index (κ1) is 18.6. The van der Waals surface area contributed by atoms with Gasteiger partial charge in [0.05, 0.1) is 5.52 Å². The molecule has 0 saturated heterocycles. The van der Waals surface area contributed by atoms with Gasteiger partial charge < -0.3 is 9.88 Å². The monoisotopic (exact) mass is 375 g/mol. The molecule has 3 rings (SSSR count). The highest BCUT2D eigenvalue weighted by atomic mass is 19.4. The number of rotatable bonds is 5. The Labute approximate surface area is 152 Å². The van der Waals surface area contributed by atoms with E-state index in [1.807, 2.05) is 36.4 Å². The summed E-state index contributed by atoms with van der Waals surface area (Å²) in [6, 6.07) is 13.2. The Kier molecular flexibility index (Phi) is 5.25. The van der Waals surface area contributed by atoms with Crippen LogP contribution in [0.5, 0.6) is 0 Å². The number of nitrogens with one attached hydrogen (secondary N) is 1. The smallest absolute Gasteiger partial charge is 0.354 e. The molecule has 2 heterocycles. The predicted octanol–water partition coefficient (Wildman–Crippen LogP) is 2.77. The zero-order valence-corrected chi connectivity index (χ0v) is 14.2. The van der Waals surface area contributed by atoms with Crippen molar-refractivity contribution in [2.24, 2.45) is 0 Å². The van der Waals surface area contributed by atoms with Crippen molar-refractivity contribution in [1.29, 1.82) is 0 Å². The molecule has 1 amide bonds. The van der Waals surface area contributed by atoms with E-state index in [1.165, 1.54) is 0 Å². The van der Waals surface area contributed by atoms with Gasteiger partial charge in [-0.3, -0.25) is 14.6 Å². The maximum atomic E-state index is 12.7. The lowest BCUT2D eigenvalue weighted by Crippen LogP contribution is -2.35. The standard InChI is InChI=1S/C19H16F3N3O2/c20-19(21,22)15-5-3-11-25(18(15)27)12-17(26)23-10-9-14-8-7-13-4-1-2-6-16(13)24-14/h1-8,11H,9-10,12H2,(H,23,26). The van der Waals surface area contributed by atoms with Crippen LogP contribution >= 0.6 is 0 Å². The number of carbonyl (C=O) groups is 1. The minimum Gasteiger partial charge on any atom is -0.354 e. The fraction of sp³-hybridized carbons (Fsp3) is 0.211. The first-order chi connectivity index (χ1) is 12.8. The molecule has 0 aliphatic carbocycles. The van der Waals surface area contributed by atoms with Gasteiger partial charge in [0.25, 0.3) is 5.56 Å². The van der Waals surface area contributed by atoms with Crippen LogP contribution in [0.15, 0.2) is 59.5 Å². The molecule has 0 unspecified atom stereocenters. The van der Waals surface area contributed by atoms with E-state index in [-0.39, 0.29) is 6.54 Å². The maximum Gasteiger partial charge on any atom is 0.421 e. The summed E-state index contributed by atoms with van der Waals surface area (Å²) in [5.41, 5.74) is -0.906. The topological polar surface area (TPSA) is 64.0 Å². The summed E-state index contributed by atoms with van der Waals surface area (Å²) >= 11 is 0. The number of para-hydroxylation sites is 1. The van der Waals surface area contributed by atoms with E-state index >= 15 is 0 Å². The van der Waals surface area contributed by atoms with Crippen molar-refractivity contribution in [2.75, 3.05) is 6.54 Å². The predicted molar refractivity (Wildman–Crippen MR) is 94.2 cm³/mol. The van der Waals surface area contributed by atoms with Gasteiger partial charge in [-0.25, -0.2) is 0 Å². The van der Waals surface area contributed by atoms with Gasteiger partial charge in [0.15, 0.2) is 0 Å². The minimum absolute atomic E-state index is 0.262. The molecule has 8 heteroatoms. The molecule has 27 heavy (non-hydrogen) atoms. The van der Waals surface area contributed by atoms with Gasteiger partial charge in [-0.15, -0.1) is 0 Å². The number of hydrogen-bond acceptors (Lipinski definition) is 3. The zero-order valence-electron chi connectivity index (χ0n) is 14.2. The Hall–Kier alpha value is -3.16. The van der Waals surface area contributed by atoms with Gasteiger partial charge in [-0.05, 0) is 24.3 Å². The number of fused-ring (bicyclic) bond motifs is 1. The molecule has 0 saturated carbocycles. The molecule has 0 spiro atoms. The number of alkyl halides is 3. The van der Waals surface area contributed by atoms with Crippen LogP contribution in [0, 0.1) is 0 Å². The molecule has 0 bridgehead atoms. The van der Waals surface area contributed by atoms with Crippen LogP contribution in [0.2, 0.25) is 0 Å². The summed E-state index contributed by atoms with van der Waals surface area (Å²) in [4.78, 5) is 28.3. The number of benzene rings is 1. The van der Waals surface area contributed by atoms with Crippen LogP contribution in [-0.2, 0) is 23.9 Å². The fourth-order valence-electron chi connectivity index (χ4n) is 2.67. The number of pyridine rings is 2. The Balaban J connectivity index is 1.59. The van der Waals surface area contributed by atoms with Crippen LogP contribution in [-0.4, -0.2) is 22.0 Å². The van der Waals surface area contributed by atoms with Gasteiger partial charge in [0.2, 0.25) is 5.91 Å². The summed E-state index contributed by atoms with van der Waals surface area (Å²) in [7, 11) is 0. The van der Waals surface area contributed by atoms with E-state index in [4.69, 9.17) is 0 Å². The lowest BCUT2D eigenvalue weighted by Gasteiger charge is -2.10. The van der Waals surface area contributed by atoms with E-state index in [0.717, 1.165) is 33.4 Å².